The van der Waals surface area contributed by atoms with Gasteiger partial charge in [-0.25, -0.2) is 0 Å². The predicted molar refractivity (Wildman–Crippen MR) is 86.9 cm³/mol. The normalized spacial score (nSPS) is 39.4. The van der Waals surface area contributed by atoms with Gasteiger partial charge in [0.1, 0.15) is 0 Å². The van der Waals surface area contributed by atoms with Crippen molar-refractivity contribution in [2.75, 3.05) is 0 Å². The lowest BCUT2D eigenvalue weighted by Gasteiger charge is -2.50. The maximum Gasteiger partial charge on any atom is 0.294 e. The van der Waals surface area contributed by atoms with Crippen LogP contribution in [0.3, 0.4) is 0 Å². The van der Waals surface area contributed by atoms with E-state index in [0.717, 1.165) is 44.1 Å². The molecule has 1 aromatic carbocycles. The summed E-state index contributed by atoms with van der Waals surface area (Å²) in [4.78, 5) is 0.00614. The molecule has 23 heavy (non-hydrogen) atoms. The van der Waals surface area contributed by atoms with Crippen LogP contribution in [0, 0.1) is 17.3 Å². The smallest absolute Gasteiger partial charge is 0.294 e. The number of hydrogen-bond acceptors (Lipinski definition) is 3. The van der Waals surface area contributed by atoms with E-state index < -0.39 is 10.1 Å². The zero-order valence-corrected chi connectivity index (χ0v) is 14.2. The van der Waals surface area contributed by atoms with Gasteiger partial charge >= 0.3 is 0 Å². The van der Waals surface area contributed by atoms with Gasteiger partial charge in [-0.15, -0.1) is 0 Å². The molecule has 2 N–H and O–H groups in total. The van der Waals surface area contributed by atoms with Gasteiger partial charge in [0.05, 0.1) is 11.0 Å². The second-order valence-electron chi connectivity index (χ2n) is 7.89. The van der Waals surface area contributed by atoms with E-state index in [0.29, 0.717) is 17.8 Å². The molecule has 0 aromatic heterocycles. The van der Waals surface area contributed by atoms with Crippen LogP contribution in [0.2, 0.25) is 0 Å². The van der Waals surface area contributed by atoms with Crippen LogP contribution in [-0.2, 0) is 16.5 Å². The van der Waals surface area contributed by atoms with E-state index in [2.05, 4.69) is 6.92 Å². The molecule has 0 heterocycles. The molecule has 3 aliphatic rings. The molecule has 3 aliphatic carbocycles. The largest absolute Gasteiger partial charge is 0.393 e. The van der Waals surface area contributed by atoms with E-state index in [1.165, 1.54) is 11.6 Å². The zero-order chi connectivity index (χ0) is 16.4. The Morgan fingerprint density at radius 1 is 1.17 bits per heavy atom. The van der Waals surface area contributed by atoms with E-state index >= 15 is 0 Å². The molecule has 0 amide bonds. The summed E-state index contributed by atoms with van der Waals surface area (Å²) in [7, 11) is -4.13. The number of hydrogen-bond donors (Lipinski definition) is 2. The van der Waals surface area contributed by atoms with Crippen LogP contribution in [0.4, 0.5) is 0 Å². The van der Waals surface area contributed by atoms with Crippen molar-refractivity contribution in [3.05, 3.63) is 29.3 Å². The summed E-state index contributed by atoms with van der Waals surface area (Å²) >= 11 is 0. The fourth-order valence-corrected chi connectivity index (χ4v) is 6.22. The summed E-state index contributed by atoms with van der Waals surface area (Å²) in [6, 6.07) is 5.09. The third-order valence-electron chi connectivity index (χ3n) is 6.95. The molecule has 0 bridgehead atoms. The van der Waals surface area contributed by atoms with E-state index in [4.69, 9.17) is 0 Å². The minimum atomic E-state index is -4.13. The quantitative estimate of drug-likeness (QED) is 0.773. The molecule has 0 saturated heterocycles. The summed E-state index contributed by atoms with van der Waals surface area (Å²) in [6.45, 7) is 2.25. The molecule has 1 aromatic rings. The summed E-state index contributed by atoms with van der Waals surface area (Å²) in [5.74, 6) is 1.64. The highest BCUT2D eigenvalue weighted by molar-refractivity contribution is 7.85. The maximum absolute atomic E-state index is 11.4. The second-order valence-corrected chi connectivity index (χ2v) is 9.31. The van der Waals surface area contributed by atoms with Gasteiger partial charge < -0.3 is 5.11 Å². The number of aliphatic hydroxyl groups is 1. The maximum atomic E-state index is 11.4. The topological polar surface area (TPSA) is 74.6 Å². The van der Waals surface area contributed by atoms with Crippen molar-refractivity contribution in [3.8, 4) is 0 Å². The van der Waals surface area contributed by atoms with Crippen molar-refractivity contribution in [3.63, 3.8) is 0 Å². The lowest BCUT2D eigenvalue weighted by molar-refractivity contribution is -0.0226. The van der Waals surface area contributed by atoms with Crippen LogP contribution in [0.25, 0.3) is 0 Å². The van der Waals surface area contributed by atoms with Gasteiger partial charge in [0.15, 0.2) is 0 Å². The van der Waals surface area contributed by atoms with Crippen molar-refractivity contribution < 1.29 is 18.1 Å². The lowest BCUT2D eigenvalue weighted by atomic mass is 9.55. The van der Waals surface area contributed by atoms with E-state index in [1.807, 2.05) is 6.07 Å². The third kappa shape index (κ3) is 2.28. The van der Waals surface area contributed by atoms with Crippen LogP contribution in [0.5, 0.6) is 0 Å². The predicted octanol–water partition coefficient (Wildman–Crippen LogP) is 3.15. The number of fused-ring (bicyclic) bond motifs is 5. The lowest BCUT2D eigenvalue weighted by Crippen LogP contribution is -2.43. The van der Waals surface area contributed by atoms with E-state index in [-0.39, 0.29) is 16.4 Å². The highest BCUT2D eigenvalue weighted by Crippen LogP contribution is 2.60. The van der Waals surface area contributed by atoms with Crippen LogP contribution in [0.15, 0.2) is 23.1 Å². The van der Waals surface area contributed by atoms with Crippen LogP contribution >= 0.6 is 0 Å². The molecule has 4 rings (SSSR count). The first kappa shape index (κ1) is 15.6. The van der Waals surface area contributed by atoms with Gasteiger partial charge in [-0.05, 0) is 85.0 Å². The Morgan fingerprint density at radius 2 is 1.96 bits per heavy atom. The van der Waals surface area contributed by atoms with Crippen LogP contribution in [0.1, 0.15) is 56.1 Å². The Kier molecular flexibility index (Phi) is 3.42. The zero-order valence-electron chi connectivity index (χ0n) is 13.4. The number of benzene rings is 1. The average molecular weight is 336 g/mol. The Hall–Kier alpha value is -0.910. The van der Waals surface area contributed by atoms with Crippen molar-refractivity contribution in [2.24, 2.45) is 17.3 Å². The summed E-state index contributed by atoms with van der Waals surface area (Å²) in [5.41, 5.74) is 2.40. The standard InChI is InChI=1S/C18H24O4S/c1-18-9-8-14-13-5-3-12(23(20,21)22)10-11(13)2-4-15(14)16(18)6-7-17(18)19/h3,5,10,14-17,19H,2,4,6-9H2,1H3,(H,20,21,22)/t14-,15-,16+,17+,18+/m1/s1. The van der Waals surface area contributed by atoms with Gasteiger partial charge in [-0.3, -0.25) is 4.55 Å². The van der Waals surface area contributed by atoms with Gasteiger partial charge in [0.25, 0.3) is 10.1 Å². The van der Waals surface area contributed by atoms with Gasteiger partial charge in [0.2, 0.25) is 0 Å². The van der Waals surface area contributed by atoms with Crippen molar-refractivity contribution in [1.29, 1.82) is 0 Å². The Morgan fingerprint density at radius 3 is 2.70 bits per heavy atom. The fourth-order valence-electron chi connectivity index (χ4n) is 5.69. The summed E-state index contributed by atoms with van der Waals surface area (Å²) in [6.07, 6.45) is 5.88. The molecule has 0 radical (unpaired) electrons. The van der Waals surface area contributed by atoms with Gasteiger partial charge in [-0.2, -0.15) is 8.42 Å². The minimum Gasteiger partial charge on any atom is -0.393 e. The molecule has 2 fully saturated rings. The first-order valence-electron chi connectivity index (χ1n) is 8.59. The third-order valence-corrected chi connectivity index (χ3v) is 7.80. The fraction of sp³-hybridized carbons (Fsp3) is 0.667. The number of rotatable bonds is 1. The van der Waals surface area contributed by atoms with Crippen LogP contribution < -0.4 is 0 Å². The first-order valence-corrected chi connectivity index (χ1v) is 10.0. The molecule has 0 unspecified atom stereocenters. The average Bonchev–Trinajstić information content (AvgIpc) is 2.81. The van der Waals surface area contributed by atoms with E-state index in [9.17, 15) is 18.1 Å². The molecular weight excluding hydrogens is 312 g/mol. The van der Waals surface area contributed by atoms with Crippen molar-refractivity contribution in [2.45, 2.75) is 62.4 Å². The Bertz CT molecular complexity index is 741. The first-order chi connectivity index (χ1) is 10.8. The highest BCUT2D eigenvalue weighted by Gasteiger charge is 2.54. The SMILES string of the molecule is C[C@]12CC[C@@H]3c4ccc(S(=O)(=O)O)cc4CC[C@H]3[C@@H]1CC[C@@H]2O. The molecule has 4 nitrogen and oxygen atoms in total. The Balaban J connectivity index is 1.70. The summed E-state index contributed by atoms with van der Waals surface area (Å²) < 4.78 is 32.0. The number of aryl methyl sites for hydroxylation is 1. The monoisotopic (exact) mass is 336 g/mol. The molecule has 2 saturated carbocycles. The molecule has 5 atom stereocenters. The Labute approximate surface area is 137 Å². The van der Waals surface area contributed by atoms with Gasteiger partial charge in [-0.1, -0.05) is 13.0 Å². The second kappa shape index (κ2) is 5.04. The molecule has 126 valence electrons. The van der Waals surface area contributed by atoms with Crippen molar-refractivity contribution in [1.82, 2.24) is 0 Å². The molecule has 0 aliphatic heterocycles. The van der Waals surface area contributed by atoms with Crippen molar-refractivity contribution >= 4 is 10.1 Å². The number of aliphatic hydroxyl groups excluding tert-OH is 1. The van der Waals surface area contributed by atoms with Gasteiger partial charge in [0, 0.05) is 0 Å². The minimum absolute atomic E-state index is 0.00614. The molecule has 5 heteroatoms. The molecule has 0 spiro atoms. The molecular formula is C18H24O4S. The highest BCUT2D eigenvalue weighted by atomic mass is 32.2. The van der Waals surface area contributed by atoms with E-state index in [1.54, 1.807) is 6.07 Å². The summed E-state index contributed by atoms with van der Waals surface area (Å²) in [5, 5.41) is 10.4. The van der Waals surface area contributed by atoms with Crippen LogP contribution in [-0.4, -0.2) is 24.2 Å².